The van der Waals surface area contributed by atoms with Crippen LogP contribution in [-0.2, 0) is 0 Å². The standard InChI is InChI=1S/C11H16OS/c1-9(2)8-13-11-7-5-4-6-10(11)12-3/h4-7,9H,8H2,1-3H3. The van der Waals surface area contributed by atoms with Crippen LogP contribution in [0.4, 0.5) is 0 Å². The largest absolute Gasteiger partial charge is 0.496 e. The zero-order valence-corrected chi connectivity index (χ0v) is 9.23. The molecule has 2 heteroatoms. The Morgan fingerprint density at radius 3 is 2.62 bits per heavy atom. The fourth-order valence-electron chi connectivity index (χ4n) is 0.994. The molecule has 1 nitrogen and oxygen atoms in total. The van der Waals surface area contributed by atoms with Crippen LogP contribution in [-0.4, -0.2) is 12.9 Å². The Balaban J connectivity index is 2.64. The van der Waals surface area contributed by atoms with Crippen molar-refractivity contribution in [3.05, 3.63) is 24.3 Å². The van der Waals surface area contributed by atoms with Crippen LogP contribution in [0.3, 0.4) is 0 Å². The summed E-state index contributed by atoms with van der Waals surface area (Å²) in [6.45, 7) is 4.45. The normalized spacial score (nSPS) is 10.5. The van der Waals surface area contributed by atoms with Crippen molar-refractivity contribution in [2.24, 2.45) is 5.92 Å². The van der Waals surface area contributed by atoms with Crippen LogP contribution in [0.15, 0.2) is 29.2 Å². The second kappa shape index (κ2) is 5.18. The number of para-hydroxylation sites is 1. The number of hydrogen-bond acceptors (Lipinski definition) is 2. The van der Waals surface area contributed by atoms with Gasteiger partial charge in [0.2, 0.25) is 0 Å². The number of methoxy groups -OCH3 is 1. The molecular weight excluding hydrogens is 180 g/mol. The first-order valence-electron chi connectivity index (χ1n) is 4.50. The van der Waals surface area contributed by atoms with Gasteiger partial charge in [-0.25, -0.2) is 0 Å². The molecule has 0 atom stereocenters. The van der Waals surface area contributed by atoms with E-state index in [1.54, 1.807) is 7.11 Å². The third-order valence-electron chi connectivity index (χ3n) is 1.64. The molecule has 1 aromatic rings. The molecule has 0 heterocycles. The quantitative estimate of drug-likeness (QED) is 0.682. The van der Waals surface area contributed by atoms with E-state index in [0.29, 0.717) is 0 Å². The smallest absolute Gasteiger partial charge is 0.132 e. The van der Waals surface area contributed by atoms with E-state index in [9.17, 15) is 0 Å². The molecule has 1 aromatic carbocycles. The van der Waals surface area contributed by atoms with E-state index in [0.717, 1.165) is 17.4 Å². The topological polar surface area (TPSA) is 9.23 Å². The molecule has 0 amide bonds. The van der Waals surface area contributed by atoms with Gasteiger partial charge < -0.3 is 4.74 Å². The molecule has 0 fully saturated rings. The minimum Gasteiger partial charge on any atom is -0.496 e. The second-order valence-corrected chi connectivity index (χ2v) is 4.42. The summed E-state index contributed by atoms with van der Waals surface area (Å²) in [4.78, 5) is 1.23. The first-order chi connectivity index (χ1) is 6.24. The molecule has 72 valence electrons. The molecule has 0 N–H and O–H groups in total. The Morgan fingerprint density at radius 2 is 2.00 bits per heavy atom. The van der Waals surface area contributed by atoms with Crippen molar-refractivity contribution in [1.82, 2.24) is 0 Å². The Bertz CT molecular complexity index is 258. The van der Waals surface area contributed by atoms with E-state index < -0.39 is 0 Å². The maximum atomic E-state index is 5.26. The van der Waals surface area contributed by atoms with Crippen molar-refractivity contribution in [1.29, 1.82) is 0 Å². The number of rotatable bonds is 4. The summed E-state index contributed by atoms with van der Waals surface area (Å²) >= 11 is 1.85. The minimum absolute atomic E-state index is 0.718. The minimum atomic E-state index is 0.718. The monoisotopic (exact) mass is 196 g/mol. The number of benzene rings is 1. The van der Waals surface area contributed by atoms with E-state index in [4.69, 9.17) is 4.74 Å². The van der Waals surface area contributed by atoms with Gasteiger partial charge in [-0.2, -0.15) is 0 Å². The van der Waals surface area contributed by atoms with Crippen LogP contribution in [0.5, 0.6) is 5.75 Å². The summed E-state index contributed by atoms with van der Waals surface area (Å²) < 4.78 is 5.26. The summed E-state index contributed by atoms with van der Waals surface area (Å²) in [5.74, 6) is 2.84. The highest BCUT2D eigenvalue weighted by Gasteiger charge is 2.02. The predicted octanol–water partition coefficient (Wildman–Crippen LogP) is 3.44. The molecule has 0 radical (unpaired) electrons. The number of ether oxygens (including phenoxy) is 1. The molecule has 0 saturated heterocycles. The maximum absolute atomic E-state index is 5.26. The Morgan fingerprint density at radius 1 is 1.31 bits per heavy atom. The fraction of sp³-hybridized carbons (Fsp3) is 0.455. The highest BCUT2D eigenvalue weighted by Crippen LogP contribution is 2.29. The van der Waals surface area contributed by atoms with Crippen LogP contribution in [0.1, 0.15) is 13.8 Å². The molecule has 13 heavy (non-hydrogen) atoms. The zero-order chi connectivity index (χ0) is 9.68. The van der Waals surface area contributed by atoms with Gasteiger partial charge in [0.25, 0.3) is 0 Å². The SMILES string of the molecule is COc1ccccc1SCC(C)C. The van der Waals surface area contributed by atoms with Crippen LogP contribution in [0.25, 0.3) is 0 Å². The van der Waals surface area contributed by atoms with E-state index in [2.05, 4.69) is 19.9 Å². The molecule has 0 bridgehead atoms. The van der Waals surface area contributed by atoms with Gasteiger partial charge in [0.15, 0.2) is 0 Å². The first kappa shape index (κ1) is 10.5. The van der Waals surface area contributed by atoms with Gasteiger partial charge in [-0.15, -0.1) is 11.8 Å². The van der Waals surface area contributed by atoms with Gasteiger partial charge in [-0.05, 0) is 18.1 Å². The van der Waals surface area contributed by atoms with Crippen molar-refractivity contribution < 1.29 is 4.74 Å². The van der Waals surface area contributed by atoms with Crippen molar-refractivity contribution in [3.63, 3.8) is 0 Å². The van der Waals surface area contributed by atoms with E-state index in [1.807, 2.05) is 30.0 Å². The lowest BCUT2D eigenvalue weighted by Crippen LogP contribution is -1.92. The lowest BCUT2D eigenvalue weighted by atomic mass is 10.3. The average molecular weight is 196 g/mol. The highest BCUT2D eigenvalue weighted by molar-refractivity contribution is 7.99. The molecule has 0 aliphatic carbocycles. The molecule has 0 aromatic heterocycles. The first-order valence-corrected chi connectivity index (χ1v) is 5.48. The van der Waals surface area contributed by atoms with Crippen molar-refractivity contribution in [2.45, 2.75) is 18.7 Å². The molecule has 0 saturated carbocycles. The van der Waals surface area contributed by atoms with Gasteiger partial charge in [0.05, 0.1) is 7.11 Å². The van der Waals surface area contributed by atoms with E-state index in [-0.39, 0.29) is 0 Å². The van der Waals surface area contributed by atoms with Gasteiger partial charge in [-0.3, -0.25) is 0 Å². The Labute approximate surface area is 84.5 Å². The lowest BCUT2D eigenvalue weighted by molar-refractivity contribution is 0.405. The predicted molar refractivity (Wildman–Crippen MR) is 58.6 cm³/mol. The number of hydrogen-bond donors (Lipinski definition) is 0. The van der Waals surface area contributed by atoms with Gasteiger partial charge in [0, 0.05) is 10.6 Å². The van der Waals surface area contributed by atoms with Gasteiger partial charge >= 0.3 is 0 Å². The summed E-state index contributed by atoms with van der Waals surface area (Å²) in [5, 5.41) is 0. The van der Waals surface area contributed by atoms with Crippen molar-refractivity contribution in [2.75, 3.05) is 12.9 Å². The third-order valence-corrected chi connectivity index (χ3v) is 3.12. The van der Waals surface area contributed by atoms with E-state index in [1.165, 1.54) is 4.90 Å². The van der Waals surface area contributed by atoms with Crippen LogP contribution in [0, 0.1) is 5.92 Å². The Kier molecular flexibility index (Phi) is 4.16. The van der Waals surface area contributed by atoms with Crippen molar-refractivity contribution in [3.8, 4) is 5.75 Å². The second-order valence-electron chi connectivity index (χ2n) is 3.36. The highest BCUT2D eigenvalue weighted by atomic mass is 32.2. The molecule has 0 spiro atoms. The van der Waals surface area contributed by atoms with Crippen molar-refractivity contribution >= 4 is 11.8 Å². The maximum Gasteiger partial charge on any atom is 0.132 e. The zero-order valence-electron chi connectivity index (χ0n) is 8.41. The molecular formula is C11H16OS. The molecule has 0 unspecified atom stereocenters. The van der Waals surface area contributed by atoms with E-state index >= 15 is 0 Å². The number of thioether (sulfide) groups is 1. The van der Waals surface area contributed by atoms with Crippen LogP contribution < -0.4 is 4.74 Å². The third kappa shape index (κ3) is 3.31. The summed E-state index contributed by atoms with van der Waals surface area (Å²) in [7, 11) is 1.72. The Hall–Kier alpha value is -0.630. The van der Waals surface area contributed by atoms with Crippen LogP contribution >= 0.6 is 11.8 Å². The van der Waals surface area contributed by atoms with Gasteiger partial charge in [-0.1, -0.05) is 26.0 Å². The molecule has 0 aliphatic rings. The summed E-state index contributed by atoms with van der Waals surface area (Å²) in [6, 6.07) is 8.15. The van der Waals surface area contributed by atoms with Crippen LogP contribution in [0.2, 0.25) is 0 Å². The summed E-state index contributed by atoms with van der Waals surface area (Å²) in [6.07, 6.45) is 0. The summed E-state index contributed by atoms with van der Waals surface area (Å²) in [5.41, 5.74) is 0. The van der Waals surface area contributed by atoms with Gasteiger partial charge in [0.1, 0.15) is 5.75 Å². The average Bonchev–Trinajstić information content (AvgIpc) is 2.15. The fourth-order valence-corrected chi connectivity index (χ4v) is 1.98. The molecule has 0 aliphatic heterocycles. The lowest BCUT2D eigenvalue weighted by Gasteiger charge is -2.08. The molecule has 1 rings (SSSR count).